The van der Waals surface area contributed by atoms with Crippen LogP contribution in [0.1, 0.15) is 43.2 Å². The zero-order valence-electron chi connectivity index (χ0n) is 14.4. The fraction of sp³-hybridized carbons (Fsp3) is 0.476. The zero-order valence-corrected chi connectivity index (χ0v) is 14.4. The molecule has 1 saturated carbocycles. The summed E-state index contributed by atoms with van der Waals surface area (Å²) in [5.41, 5.74) is 1.57. The Balaban J connectivity index is 1.68. The smallest absolute Gasteiger partial charge is 0.128 e. The fourth-order valence-electron chi connectivity index (χ4n) is 4.68. The van der Waals surface area contributed by atoms with E-state index in [1.54, 1.807) is 0 Å². The molecule has 0 spiro atoms. The predicted octanol–water partition coefficient (Wildman–Crippen LogP) is 4.05. The summed E-state index contributed by atoms with van der Waals surface area (Å²) in [5.74, 6) is 1.35. The second-order valence-electron chi connectivity index (χ2n) is 7.39. The highest BCUT2D eigenvalue weighted by Gasteiger charge is 2.49. The van der Waals surface area contributed by atoms with Crippen LogP contribution in [0.5, 0.6) is 0 Å². The summed E-state index contributed by atoms with van der Waals surface area (Å²) in [7, 11) is 0. The van der Waals surface area contributed by atoms with Gasteiger partial charge in [-0.1, -0.05) is 49.2 Å². The van der Waals surface area contributed by atoms with E-state index in [0.29, 0.717) is 6.04 Å². The molecule has 2 heterocycles. The van der Waals surface area contributed by atoms with Gasteiger partial charge < -0.3 is 10.0 Å². The Morgan fingerprint density at radius 2 is 1.88 bits per heavy atom. The van der Waals surface area contributed by atoms with Crippen LogP contribution in [-0.2, 0) is 5.60 Å². The largest absolute Gasteiger partial charge is 0.385 e. The van der Waals surface area contributed by atoms with Crippen molar-refractivity contribution in [1.82, 2.24) is 4.98 Å². The molecule has 1 aromatic carbocycles. The topological polar surface area (TPSA) is 36.4 Å². The second-order valence-corrected chi connectivity index (χ2v) is 7.39. The molecular weight excluding hydrogens is 296 g/mol. The summed E-state index contributed by atoms with van der Waals surface area (Å²) >= 11 is 0. The van der Waals surface area contributed by atoms with Crippen molar-refractivity contribution in [3.63, 3.8) is 0 Å². The van der Waals surface area contributed by atoms with Gasteiger partial charge in [0.05, 0.1) is 5.60 Å². The van der Waals surface area contributed by atoms with E-state index in [0.717, 1.165) is 37.2 Å². The van der Waals surface area contributed by atoms with Crippen LogP contribution < -0.4 is 4.90 Å². The average molecular weight is 322 g/mol. The first-order valence-electron chi connectivity index (χ1n) is 9.16. The number of hydrogen-bond donors (Lipinski definition) is 1. The van der Waals surface area contributed by atoms with Crippen molar-refractivity contribution in [3.8, 4) is 0 Å². The molecule has 1 N–H and O–H groups in total. The predicted molar refractivity (Wildman–Crippen MR) is 97.0 cm³/mol. The summed E-state index contributed by atoms with van der Waals surface area (Å²) in [4.78, 5) is 7.10. The van der Waals surface area contributed by atoms with Gasteiger partial charge in [-0.05, 0) is 43.4 Å². The fourth-order valence-corrected chi connectivity index (χ4v) is 4.68. The molecule has 1 aliphatic carbocycles. The van der Waals surface area contributed by atoms with Crippen LogP contribution in [0, 0.1) is 12.8 Å². The lowest BCUT2D eigenvalue weighted by atomic mass is 9.66. The molecule has 1 saturated heterocycles. The molecule has 0 amide bonds. The highest BCUT2D eigenvalue weighted by molar-refractivity contribution is 5.43. The van der Waals surface area contributed by atoms with E-state index in [1.807, 2.05) is 24.4 Å². The summed E-state index contributed by atoms with van der Waals surface area (Å²) in [6.45, 7) is 2.94. The Bertz CT molecular complexity index is 685. The Kier molecular flexibility index (Phi) is 4.05. The standard InChI is InChI=1S/C21H26N2O/c1-16-11-12-20(22-15-16)23-14-13-21(24,17-7-3-2-4-8-17)18-9-5-6-10-19(18)23/h2-4,7-8,11-12,15,18-19,24H,5-6,9-10,13-14H2,1H3/t18-,19+,21-/m0/s1. The number of pyridine rings is 1. The zero-order chi connectivity index (χ0) is 16.6. The molecule has 2 aliphatic rings. The van der Waals surface area contributed by atoms with Crippen molar-refractivity contribution in [1.29, 1.82) is 0 Å². The van der Waals surface area contributed by atoms with Crippen molar-refractivity contribution >= 4 is 5.82 Å². The summed E-state index contributed by atoms with van der Waals surface area (Å²) in [6, 6.07) is 14.9. The number of rotatable bonds is 2. The molecule has 2 aromatic rings. The van der Waals surface area contributed by atoms with Gasteiger partial charge in [0.25, 0.3) is 0 Å². The lowest BCUT2D eigenvalue weighted by Gasteiger charge is -2.53. The molecule has 1 aromatic heterocycles. The van der Waals surface area contributed by atoms with Gasteiger partial charge in [-0.2, -0.15) is 0 Å². The number of benzene rings is 1. The van der Waals surface area contributed by atoms with E-state index in [9.17, 15) is 5.11 Å². The monoisotopic (exact) mass is 322 g/mol. The number of fused-ring (bicyclic) bond motifs is 1. The third-order valence-electron chi connectivity index (χ3n) is 5.94. The number of hydrogen-bond acceptors (Lipinski definition) is 3. The minimum absolute atomic E-state index is 0.283. The molecule has 0 bridgehead atoms. The highest BCUT2D eigenvalue weighted by Crippen LogP contribution is 2.47. The third kappa shape index (κ3) is 2.61. The number of piperidine rings is 1. The molecular formula is C21H26N2O. The van der Waals surface area contributed by atoms with Gasteiger partial charge in [0.15, 0.2) is 0 Å². The van der Waals surface area contributed by atoms with Gasteiger partial charge in [0, 0.05) is 24.7 Å². The molecule has 126 valence electrons. The van der Waals surface area contributed by atoms with Crippen molar-refractivity contribution in [2.24, 2.45) is 5.92 Å². The first kappa shape index (κ1) is 15.6. The van der Waals surface area contributed by atoms with Crippen LogP contribution in [0.15, 0.2) is 48.7 Å². The Hall–Kier alpha value is -1.87. The Morgan fingerprint density at radius 3 is 2.62 bits per heavy atom. The van der Waals surface area contributed by atoms with Crippen LogP contribution >= 0.6 is 0 Å². The van der Waals surface area contributed by atoms with E-state index < -0.39 is 5.60 Å². The second kappa shape index (κ2) is 6.21. The van der Waals surface area contributed by atoms with E-state index in [1.165, 1.54) is 18.4 Å². The molecule has 3 atom stereocenters. The van der Waals surface area contributed by atoms with Gasteiger partial charge in [0.2, 0.25) is 0 Å². The molecule has 3 nitrogen and oxygen atoms in total. The molecule has 2 fully saturated rings. The van der Waals surface area contributed by atoms with Crippen LogP contribution in [0.25, 0.3) is 0 Å². The molecule has 3 heteroatoms. The van der Waals surface area contributed by atoms with Gasteiger partial charge in [-0.15, -0.1) is 0 Å². The third-order valence-corrected chi connectivity index (χ3v) is 5.94. The van der Waals surface area contributed by atoms with E-state index in [2.05, 4.69) is 41.1 Å². The Labute approximate surface area is 144 Å². The van der Waals surface area contributed by atoms with Crippen LogP contribution in [0.4, 0.5) is 5.82 Å². The van der Waals surface area contributed by atoms with Gasteiger partial charge in [0.1, 0.15) is 5.82 Å². The first-order chi connectivity index (χ1) is 11.7. The molecule has 1 aliphatic heterocycles. The van der Waals surface area contributed by atoms with Gasteiger partial charge in [-0.3, -0.25) is 0 Å². The lowest BCUT2D eigenvalue weighted by molar-refractivity contribution is -0.0690. The number of anilines is 1. The van der Waals surface area contributed by atoms with E-state index in [4.69, 9.17) is 0 Å². The average Bonchev–Trinajstić information content (AvgIpc) is 2.64. The quantitative estimate of drug-likeness (QED) is 0.906. The SMILES string of the molecule is Cc1ccc(N2CC[C@](O)(c3ccccc3)[C@H]3CCCC[C@H]32)nc1. The summed E-state index contributed by atoms with van der Waals surface area (Å²) < 4.78 is 0. The van der Waals surface area contributed by atoms with Crippen LogP contribution in [-0.4, -0.2) is 22.7 Å². The van der Waals surface area contributed by atoms with Crippen molar-refractivity contribution < 1.29 is 5.11 Å². The van der Waals surface area contributed by atoms with Crippen LogP contribution in [0.2, 0.25) is 0 Å². The number of aromatic nitrogens is 1. The maximum absolute atomic E-state index is 11.6. The van der Waals surface area contributed by atoms with Crippen molar-refractivity contribution in [2.75, 3.05) is 11.4 Å². The molecule has 0 unspecified atom stereocenters. The van der Waals surface area contributed by atoms with E-state index in [-0.39, 0.29) is 5.92 Å². The van der Waals surface area contributed by atoms with E-state index >= 15 is 0 Å². The lowest BCUT2D eigenvalue weighted by Crippen LogP contribution is -2.57. The number of nitrogens with zero attached hydrogens (tertiary/aromatic N) is 2. The minimum atomic E-state index is -0.701. The van der Waals surface area contributed by atoms with Crippen molar-refractivity contribution in [2.45, 2.75) is 50.7 Å². The van der Waals surface area contributed by atoms with Gasteiger partial charge in [-0.25, -0.2) is 4.98 Å². The summed E-state index contributed by atoms with van der Waals surface area (Å²) in [6.07, 6.45) is 7.42. The molecule has 0 radical (unpaired) electrons. The first-order valence-corrected chi connectivity index (χ1v) is 9.16. The maximum atomic E-state index is 11.6. The van der Waals surface area contributed by atoms with Crippen LogP contribution in [0.3, 0.4) is 0 Å². The minimum Gasteiger partial charge on any atom is -0.385 e. The highest BCUT2D eigenvalue weighted by atomic mass is 16.3. The normalized spacial score (nSPS) is 30.0. The number of aliphatic hydroxyl groups is 1. The summed E-state index contributed by atoms with van der Waals surface area (Å²) in [5, 5.41) is 11.6. The molecule has 24 heavy (non-hydrogen) atoms. The maximum Gasteiger partial charge on any atom is 0.128 e. The van der Waals surface area contributed by atoms with Gasteiger partial charge >= 0.3 is 0 Å². The molecule has 4 rings (SSSR count). The Morgan fingerprint density at radius 1 is 1.08 bits per heavy atom. The van der Waals surface area contributed by atoms with Crippen molar-refractivity contribution in [3.05, 3.63) is 59.8 Å². The number of aryl methyl sites for hydroxylation is 1.